The van der Waals surface area contributed by atoms with Crippen molar-refractivity contribution < 1.29 is 14.3 Å². The van der Waals surface area contributed by atoms with Crippen molar-refractivity contribution in [2.24, 2.45) is 0 Å². The molecule has 1 amide bonds. The van der Waals surface area contributed by atoms with Gasteiger partial charge in [0.1, 0.15) is 0 Å². The van der Waals surface area contributed by atoms with Gasteiger partial charge in [-0.05, 0) is 49.2 Å². The van der Waals surface area contributed by atoms with E-state index in [1.807, 2.05) is 36.4 Å². The van der Waals surface area contributed by atoms with Crippen LogP contribution in [0.5, 0.6) is 0 Å². The minimum Gasteiger partial charge on any atom is -0.452 e. The lowest BCUT2D eigenvalue weighted by Gasteiger charge is -2.34. The van der Waals surface area contributed by atoms with Crippen molar-refractivity contribution in [1.29, 1.82) is 5.26 Å². The van der Waals surface area contributed by atoms with Gasteiger partial charge in [-0.25, -0.2) is 4.79 Å². The number of benzene rings is 2. The summed E-state index contributed by atoms with van der Waals surface area (Å²) < 4.78 is 5.24. The fraction of sp³-hybridized carbons (Fsp3) is 0.318. The number of carbonyl (C=O) groups excluding carboxylic acids is 2. The first-order valence-electron chi connectivity index (χ1n) is 9.23. The smallest absolute Gasteiger partial charge is 0.338 e. The molecule has 3 rings (SSSR count). The quantitative estimate of drug-likeness (QED) is 0.752. The summed E-state index contributed by atoms with van der Waals surface area (Å²) in [6, 6.07) is 17.8. The number of rotatable bonds is 5. The van der Waals surface area contributed by atoms with Crippen LogP contribution in [0.25, 0.3) is 0 Å². The molecule has 0 bridgehead atoms. The average Bonchev–Trinajstić information content (AvgIpc) is 2.74. The number of esters is 1. The Morgan fingerprint density at radius 2 is 1.67 bits per heavy atom. The first-order chi connectivity index (χ1) is 13.2. The molecule has 1 aliphatic rings. The minimum atomic E-state index is -0.565. The average molecular weight is 362 g/mol. The molecule has 0 aromatic heterocycles. The van der Waals surface area contributed by atoms with E-state index in [2.05, 4.69) is 0 Å². The second kappa shape index (κ2) is 9.00. The van der Waals surface area contributed by atoms with Gasteiger partial charge in [0.2, 0.25) is 0 Å². The van der Waals surface area contributed by atoms with Crippen LogP contribution in [0.2, 0.25) is 0 Å². The first-order valence-corrected chi connectivity index (χ1v) is 9.23. The molecule has 0 radical (unpaired) electrons. The van der Waals surface area contributed by atoms with Crippen LogP contribution in [0.4, 0.5) is 5.69 Å². The third-order valence-corrected chi connectivity index (χ3v) is 4.82. The van der Waals surface area contributed by atoms with Crippen molar-refractivity contribution in [2.45, 2.75) is 38.1 Å². The van der Waals surface area contributed by atoms with E-state index in [0.717, 1.165) is 31.4 Å². The first kappa shape index (κ1) is 18.7. The zero-order valence-corrected chi connectivity index (χ0v) is 15.1. The topological polar surface area (TPSA) is 70.4 Å². The molecular formula is C22H22N2O3. The normalized spacial score (nSPS) is 14.2. The van der Waals surface area contributed by atoms with E-state index in [1.54, 1.807) is 17.0 Å². The maximum absolute atomic E-state index is 12.9. The number of carbonyl (C=O) groups is 2. The van der Waals surface area contributed by atoms with Crippen LogP contribution in [0.15, 0.2) is 54.6 Å². The van der Waals surface area contributed by atoms with Gasteiger partial charge in [0.05, 0.1) is 17.2 Å². The van der Waals surface area contributed by atoms with E-state index in [-0.39, 0.29) is 18.6 Å². The molecule has 0 aliphatic heterocycles. The summed E-state index contributed by atoms with van der Waals surface area (Å²) in [4.78, 5) is 26.9. The number of hydrogen-bond donors (Lipinski definition) is 0. The van der Waals surface area contributed by atoms with Gasteiger partial charge in [0, 0.05) is 11.7 Å². The van der Waals surface area contributed by atoms with E-state index in [4.69, 9.17) is 10.00 Å². The van der Waals surface area contributed by atoms with Crippen LogP contribution >= 0.6 is 0 Å². The lowest BCUT2D eigenvalue weighted by atomic mass is 9.93. The predicted octanol–water partition coefficient (Wildman–Crippen LogP) is 4.08. The molecule has 27 heavy (non-hydrogen) atoms. The van der Waals surface area contributed by atoms with Gasteiger partial charge in [0.15, 0.2) is 6.61 Å². The van der Waals surface area contributed by atoms with Gasteiger partial charge >= 0.3 is 5.97 Å². The summed E-state index contributed by atoms with van der Waals surface area (Å²) in [5.41, 5.74) is 1.63. The van der Waals surface area contributed by atoms with Gasteiger partial charge in [-0.1, -0.05) is 37.5 Å². The highest BCUT2D eigenvalue weighted by Crippen LogP contribution is 2.27. The third kappa shape index (κ3) is 4.73. The molecule has 1 fully saturated rings. The number of nitriles is 1. The molecule has 0 heterocycles. The molecule has 0 saturated heterocycles. The summed E-state index contributed by atoms with van der Waals surface area (Å²) in [6.07, 6.45) is 5.33. The van der Waals surface area contributed by atoms with Crippen LogP contribution in [-0.2, 0) is 9.53 Å². The third-order valence-electron chi connectivity index (χ3n) is 4.82. The van der Waals surface area contributed by atoms with Crippen molar-refractivity contribution >= 4 is 17.6 Å². The Morgan fingerprint density at radius 3 is 2.30 bits per heavy atom. The molecule has 2 aromatic carbocycles. The van der Waals surface area contributed by atoms with Crippen molar-refractivity contribution in [2.75, 3.05) is 11.5 Å². The van der Waals surface area contributed by atoms with Crippen LogP contribution in [-0.4, -0.2) is 24.5 Å². The molecular weight excluding hydrogens is 340 g/mol. The Balaban J connectivity index is 1.68. The van der Waals surface area contributed by atoms with Crippen LogP contribution < -0.4 is 4.90 Å². The standard InChI is InChI=1S/C22H22N2O3/c23-15-17-11-13-18(14-12-17)22(26)27-16-21(25)24(19-7-3-1-4-8-19)20-9-5-2-6-10-20/h1,3-4,7-8,11-14,20H,2,5-6,9-10,16H2. The molecule has 5 heteroatoms. The number of ether oxygens (including phenoxy) is 1. The zero-order chi connectivity index (χ0) is 19.1. The Labute approximate surface area is 159 Å². The molecule has 1 saturated carbocycles. The molecule has 1 aliphatic carbocycles. The summed E-state index contributed by atoms with van der Waals surface area (Å²) in [5.74, 6) is -0.778. The number of hydrogen-bond acceptors (Lipinski definition) is 4. The van der Waals surface area contributed by atoms with Gasteiger partial charge in [-0.2, -0.15) is 5.26 Å². The van der Waals surface area contributed by atoms with Crippen LogP contribution in [0.1, 0.15) is 48.0 Å². The molecule has 2 aromatic rings. The minimum absolute atomic E-state index is 0.141. The molecule has 0 atom stereocenters. The monoisotopic (exact) mass is 362 g/mol. The highest BCUT2D eigenvalue weighted by Gasteiger charge is 2.27. The number of nitrogens with zero attached hydrogens (tertiary/aromatic N) is 2. The second-order valence-corrected chi connectivity index (χ2v) is 6.66. The SMILES string of the molecule is N#Cc1ccc(C(=O)OCC(=O)N(c2ccccc2)C2CCCCC2)cc1. The molecule has 0 N–H and O–H groups in total. The number of para-hydroxylation sites is 1. The number of amides is 1. The van der Waals surface area contributed by atoms with E-state index >= 15 is 0 Å². The van der Waals surface area contributed by atoms with Crippen molar-refractivity contribution in [3.63, 3.8) is 0 Å². The summed E-state index contributed by atoms with van der Waals surface area (Å²) in [5, 5.41) is 8.82. The van der Waals surface area contributed by atoms with Gasteiger partial charge in [-0.3, -0.25) is 4.79 Å². The van der Waals surface area contributed by atoms with Crippen molar-refractivity contribution in [1.82, 2.24) is 0 Å². The summed E-state index contributed by atoms with van der Waals surface area (Å²) in [7, 11) is 0. The summed E-state index contributed by atoms with van der Waals surface area (Å²) in [6.45, 7) is -0.301. The molecule has 0 unspecified atom stereocenters. The Kier molecular flexibility index (Phi) is 6.22. The lowest BCUT2D eigenvalue weighted by Crippen LogP contribution is -2.43. The Hall–Kier alpha value is -3.13. The summed E-state index contributed by atoms with van der Waals surface area (Å²) >= 11 is 0. The largest absolute Gasteiger partial charge is 0.452 e. The second-order valence-electron chi connectivity index (χ2n) is 6.66. The molecule has 138 valence electrons. The van der Waals surface area contributed by atoms with Crippen LogP contribution in [0, 0.1) is 11.3 Å². The predicted molar refractivity (Wildman–Crippen MR) is 102 cm³/mol. The van der Waals surface area contributed by atoms with E-state index < -0.39 is 5.97 Å². The van der Waals surface area contributed by atoms with E-state index in [1.165, 1.54) is 18.6 Å². The fourth-order valence-corrected chi connectivity index (χ4v) is 3.45. The van der Waals surface area contributed by atoms with Gasteiger partial charge in [0.25, 0.3) is 5.91 Å². The Morgan fingerprint density at radius 1 is 1.00 bits per heavy atom. The van der Waals surface area contributed by atoms with Crippen molar-refractivity contribution in [3.8, 4) is 6.07 Å². The highest BCUT2D eigenvalue weighted by atomic mass is 16.5. The Bertz CT molecular complexity index is 819. The molecule has 5 nitrogen and oxygen atoms in total. The van der Waals surface area contributed by atoms with E-state index in [0.29, 0.717) is 11.1 Å². The van der Waals surface area contributed by atoms with Crippen LogP contribution in [0.3, 0.4) is 0 Å². The fourth-order valence-electron chi connectivity index (χ4n) is 3.45. The van der Waals surface area contributed by atoms with Gasteiger partial charge < -0.3 is 9.64 Å². The van der Waals surface area contributed by atoms with Crippen molar-refractivity contribution in [3.05, 3.63) is 65.7 Å². The maximum atomic E-state index is 12.9. The maximum Gasteiger partial charge on any atom is 0.338 e. The van der Waals surface area contributed by atoms with E-state index in [9.17, 15) is 9.59 Å². The van der Waals surface area contributed by atoms with Gasteiger partial charge in [-0.15, -0.1) is 0 Å². The number of anilines is 1. The lowest BCUT2D eigenvalue weighted by molar-refractivity contribution is -0.122. The zero-order valence-electron chi connectivity index (χ0n) is 15.1. The highest BCUT2D eigenvalue weighted by molar-refractivity contribution is 5.97. The molecule has 0 spiro atoms.